The predicted molar refractivity (Wildman–Crippen MR) is 166 cm³/mol. The third-order valence-electron chi connectivity index (χ3n) is 7.85. The third-order valence-corrected chi connectivity index (χ3v) is 7.85. The second-order valence-corrected chi connectivity index (χ2v) is 12.4. The lowest BCUT2D eigenvalue weighted by molar-refractivity contribution is -0.142. The molecular weight excluding hydrogens is 593 g/mol. The molecular formula is C32H51F3N4O6. The molecule has 13 heteroatoms. The fourth-order valence-electron chi connectivity index (χ4n) is 5.05. The molecule has 3 amide bonds. The molecule has 0 unspecified atom stereocenters. The molecule has 0 bridgehead atoms. The number of amides is 3. The van der Waals surface area contributed by atoms with Crippen molar-refractivity contribution >= 4 is 23.4 Å². The summed E-state index contributed by atoms with van der Waals surface area (Å²) in [6.07, 6.45) is -3.75. The van der Waals surface area contributed by atoms with Gasteiger partial charge in [-0.1, -0.05) is 6.92 Å². The summed E-state index contributed by atoms with van der Waals surface area (Å²) in [5, 5.41) is 12.5. The molecule has 1 heterocycles. The van der Waals surface area contributed by atoms with Gasteiger partial charge in [-0.25, -0.2) is 0 Å². The molecule has 256 valence electrons. The average Bonchev–Trinajstić information content (AvgIpc) is 2.96. The standard InChI is InChI=1S/C32H51F3N4O6/c1-22-19-39(23(2)21-40)31(43)26-18-25(36-29(41)14-15-32(33,34)35)12-13-27(26)45-24(3)10-7-8-17-44-28(22)20-38(6)30(42)11-9-16-37(4)5/h12-13,18,22-24,28,40H,7-11,14-17,19-21H2,1-6H3,(H,36,41)/t22-,23+,24+,28+/m1/s1. The molecule has 2 N–H and O–H groups in total. The lowest BCUT2D eigenvalue weighted by atomic mass is 10.0. The van der Waals surface area contributed by atoms with E-state index in [2.05, 4.69) is 5.32 Å². The second-order valence-electron chi connectivity index (χ2n) is 12.4. The largest absolute Gasteiger partial charge is 0.490 e. The van der Waals surface area contributed by atoms with Gasteiger partial charge >= 0.3 is 6.18 Å². The first-order valence-electron chi connectivity index (χ1n) is 15.7. The van der Waals surface area contributed by atoms with Crippen LogP contribution in [0.25, 0.3) is 0 Å². The highest BCUT2D eigenvalue weighted by atomic mass is 19.4. The van der Waals surface area contributed by atoms with Crippen LogP contribution in [0.5, 0.6) is 5.75 Å². The van der Waals surface area contributed by atoms with Crippen LogP contribution < -0.4 is 10.1 Å². The minimum Gasteiger partial charge on any atom is -0.490 e. The maximum atomic E-state index is 14.1. The molecule has 10 nitrogen and oxygen atoms in total. The summed E-state index contributed by atoms with van der Waals surface area (Å²) < 4.78 is 50.4. The molecule has 0 aromatic heterocycles. The summed E-state index contributed by atoms with van der Waals surface area (Å²) in [6, 6.07) is 3.82. The van der Waals surface area contributed by atoms with Crippen LogP contribution in [0.2, 0.25) is 0 Å². The van der Waals surface area contributed by atoms with Crippen molar-refractivity contribution in [1.29, 1.82) is 0 Å². The lowest BCUT2D eigenvalue weighted by Gasteiger charge is -2.36. The van der Waals surface area contributed by atoms with Crippen LogP contribution in [0.3, 0.4) is 0 Å². The molecule has 1 aromatic rings. The number of likely N-dealkylation sites (N-methyl/N-ethyl adjacent to an activating group) is 1. The number of anilines is 1. The molecule has 2 rings (SSSR count). The maximum absolute atomic E-state index is 14.1. The van der Waals surface area contributed by atoms with Crippen LogP contribution in [-0.2, 0) is 14.3 Å². The molecule has 4 atom stereocenters. The van der Waals surface area contributed by atoms with Crippen LogP contribution in [0.1, 0.15) is 76.1 Å². The highest BCUT2D eigenvalue weighted by molar-refractivity contribution is 5.99. The number of nitrogens with one attached hydrogen (secondary N) is 1. The number of halogens is 3. The van der Waals surface area contributed by atoms with Gasteiger partial charge in [-0.3, -0.25) is 14.4 Å². The first-order chi connectivity index (χ1) is 21.1. The summed E-state index contributed by atoms with van der Waals surface area (Å²) in [7, 11) is 5.67. The summed E-state index contributed by atoms with van der Waals surface area (Å²) in [6.45, 7) is 6.99. The number of alkyl halides is 3. The number of benzene rings is 1. The van der Waals surface area contributed by atoms with E-state index in [4.69, 9.17) is 9.47 Å². The number of hydrogen-bond acceptors (Lipinski definition) is 7. The maximum Gasteiger partial charge on any atom is 0.389 e. The minimum absolute atomic E-state index is 0.00780. The molecule has 0 spiro atoms. The number of ether oxygens (including phenoxy) is 2. The van der Waals surface area contributed by atoms with Crippen molar-refractivity contribution in [1.82, 2.24) is 14.7 Å². The van der Waals surface area contributed by atoms with E-state index in [0.29, 0.717) is 26.0 Å². The molecule has 0 radical (unpaired) electrons. The van der Waals surface area contributed by atoms with Crippen molar-refractivity contribution in [3.05, 3.63) is 23.8 Å². The highest BCUT2D eigenvalue weighted by Crippen LogP contribution is 2.29. The number of aliphatic hydroxyl groups excluding tert-OH is 1. The SMILES string of the molecule is C[C@@H]1CN([C@@H](C)CO)C(=O)c2cc(NC(=O)CCC(F)(F)F)ccc2O[C@@H](C)CCCCO[C@H]1CN(C)C(=O)CCCN(C)C. The number of hydrogen-bond donors (Lipinski definition) is 2. The van der Waals surface area contributed by atoms with Gasteiger partial charge in [0.05, 0.1) is 36.8 Å². The van der Waals surface area contributed by atoms with Crippen molar-refractivity contribution in [2.24, 2.45) is 5.92 Å². The monoisotopic (exact) mass is 644 g/mol. The van der Waals surface area contributed by atoms with Crippen LogP contribution in [0.4, 0.5) is 18.9 Å². The Morgan fingerprint density at radius 1 is 1.16 bits per heavy atom. The molecule has 0 aliphatic carbocycles. The molecule has 0 saturated heterocycles. The van der Waals surface area contributed by atoms with Crippen LogP contribution in [-0.4, -0.2) is 116 Å². The fourth-order valence-corrected chi connectivity index (χ4v) is 5.05. The van der Waals surface area contributed by atoms with Crippen molar-refractivity contribution in [3.8, 4) is 5.75 Å². The first kappa shape index (κ1) is 38.3. The van der Waals surface area contributed by atoms with Gasteiger partial charge in [0, 0.05) is 51.2 Å². The summed E-state index contributed by atoms with van der Waals surface area (Å²) in [4.78, 5) is 44.4. The Hall–Kier alpha value is -2.90. The van der Waals surface area contributed by atoms with Crippen LogP contribution in [0, 0.1) is 5.92 Å². The summed E-state index contributed by atoms with van der Waals surface area (Å²) in [5.41, 5.74) is 0.276. The van der Waals surface area contributed by atoms with E-state index in [1.165, 1.54) is 23.1 Å². The normalized spacial score (nSPS) is 21.0. The fraction of sp³-hybridized carbons (Fsp3) is 0.719. The van der Waals surface area contributed by atoms with E-state index in [1.54, 1.807) is 18.9 Å². The predicted octanol–water partition coefficient (Wildman–Crippen LogP) is 4.56. The van der Waals surface area contributed by atoms with E-state index >= 15 is 0 Å². The third kappa shape index (κ3) is 13.5. The van der Waals surface area contributed by atoms with E-state index < -0.39 is 36.9 Å². The van der Waals surface area contributed by atoms with E-state index in [9.17, 15) is 32.7 Å². The first-order valence-corrected chi connectivity index (χ1v) is 15.7. The van der Waals surface area contributed by atoms with Crippen LogP contribution >= 0.6 is 0 Å². The topological polar surface area (TPSA) is 112 Å². The van der Waals surface area contributed by atoms with Gasteiger partial charge in [0.2, 0.25) is 11.8 Å². The van der Waals surface area contributed by atoms with Crippen molar-refractivity contribution < 1.29 is 42.1 Å². The number of carbonyl (C=O) groups excluding carboxylic acids is 3. The number of rotatable bonds is 11. The number of nitrogens with zero attached hydrogens (tertiary/aromatic N) is 3. The van der Waals surface area contributed by atoms with Crippen molar-refractivity contribution in [2.45, 2.75) is 90.1 Å². The van der Waals surface area contributed by atoms with Gasteiger partial charge < -0.3 is 34.6 Å². The van der Waals surface area contributed by atoms with E-state index in [1.807, 2.05) is 32.8 Å². The number of carbonyl (C=O) groups is 3. The second kappa shape index (κ2) is 18.3. The van der Waals surface area contributed by atoms with Gasteiger partial charge in [0.15, 0.2) is 0 Å². The van der Waals surface area contributed by atoms with Gasteiger partial charge in [-0.05, 0) is 78.4 Å². The Labute approximate surface area is 265 Å². The Balaban J connectivity index is 2.37. The quantitative estimate of drug-likeness (QED) is 0.363. The highest BCUT2D eigenvalue weighted by Gasteiger charge is 2.31. The van der Waals surface area contributed by atoms with Gasteiger partial charge in [0.25, 0.3) is 5.91 Å². The minimum atomic E-state index is -4.47. The van der Waals surface area contributed by atoms with Gasteiger partial charge in [-0.2, -0.15) is 13.2 Å². The molecule has 45 heavy (non-hydrogen) atoms. The Kier molecular flexibility index (Phi) is 15.6. The zero-order chi connectivity index (χ0) is 33.7. The zero-order valence-electron chi connectivity index (χ0n) is 27.5. The molecule has 0 fully saturated rings. The van der Waals surface area contributed by atoms with Gasteiger partial charge in [-0.15, -0.1) is 0 Å². The molecule has 1 aliphatic rings. The van der Waals surface area contributed by atoms with Crippen LogP contribution in [0.15, 0.2) is 18.2 Å². The Morgan fingerprint density at radius 2 is 1.87 bits per heavy atom. The molecule has 1 aromatic carbocycles. The summed E-state index contributed by atoms with van der Waals surface area (Å²) >= 11 is 0. The van der Waals surface area contributed by atoms with E-state index in [-0.39, 0.29) is 54.2 Å². The smallest absolute Gasteiger partial charge is 0.389 e. The Bertz CT molecular complexity index is 1100. The molecule has 1 aliphatic heterocycles. The van der Waals surface area contributed by atoms with Crippen molar-refractivity contribution in [2.75, 3.05) is 59.3 Å². The molecule has 0 saturated carbocycles. The summed E-state index contributed by atoms with van der Waals surface area (Å²) in [5.74, 6) is -1.26. The Morgan fingerprint density at radius 3 is 2.51 bits per heavy atom. The average molecular weight is 645 g/mol. The van der Waals surface area contributed by atoms with Gasteiger partial charge in [0.1, 0.15) is 5.75 Å². The number of fused-ring (bicyclic) bond motifs is 1. The number of aliphatic hydroxyl groups is 1. The van der Waals surface area contributed by atoms with E-state index in [0.717, 1.165) is 25.8 Å². The zero-order valence-corrected chi connectivity index (χ0v) is 27.5. The lowest BCUT2D eigenvalue weighted by Crippen LogP contribution is -2.48. The van der Waals surface area contributed by atoms with Crippen molar-refractivity contribution in [3.63, 3.8) is 0 Å².